The van der Waals surface area contributed by atoms with Gasteiger partial charge in [0.2, 0.25) is 5.91 Å². The highest BCUT2D eigenvalue weighted by Crippen LogP contribution is 2.55. The van der Waals surface area contributed by atoms with Crippen molar-refractivity contribution in [2.75, 3.05) is 0 Å². The highest BCUT2D eigenvalue weighted by molar-refractivity contribution is 5.94. The van der Waals surface area contributed by atoms with E-state index in [0.29, 0.717) is 17.7 Å². The smallest absolute Gasteiger partial charge is 0.251 e. The van der Waals surface area contributed by atoms with E-state index in [-0.39, 0.29) is 46.9 Å². The molecule has 0 bridgehead atoms. The van der Waals surface area contributed by atoms with Crippen molar-refractivity contribution >= 4 is 11.8 Å². The van der Waals surface area contributed by atoms with Crippen molar-refractivity contribution in [2.24, 2.45) is 29.1 Å². The summed E-state index contributed by atoms with van der Waals surface area (Å²) in [7, 11) is 0. The number of amides is 2. The van der Waals surface area contributed by atoms with Crippen LogP contribution in [0.15, 0.2) is 54.6 Å². The van der Waals surface area contributed by atoms with E-state index in [1.807, 2.05) is 37.3 Å². The Balaban J connectivity index is 1.42. The van der Waals surface area contributed by atoms with E-state index in [2.05, 4.69) is 30.6 Å². The van der Waals surface area contributed by atoms with E-state index in [9.17, 15) is 14.7 Å². The molecule has 2 fully saturated rings. The molecule has 3 N–H and O–H groups in total. The maximum Gasteiger partial charge on any atom is 0.251 e. The number of carbonyl (C=O) groups excluding carboxylic acids is 2. The molecule has 6 nitrogen and oxygen atoms in total. The first-order valence-electron chi connectivity index (χ1n) is 13.0. The Morgan fingerprint density at radius 3 is 2.44 bits per heavy atom. The zero-order chi connectivity index (χ0) is 25.9. The Bertz CT molecular complexity index is 1110. The van der Waals surface area contributed by atoms with Crippen LogP contribution in [-0.4, -0.2) is 29.1 Å². The van der Waals surface area contributed by atoms with Crippen LogP contribution in [0.5, 0.6) is 0 Å². The van der Waals surface area contributed by atoms with Gasteiger partial charge in [0, 0.05) is 24.1 Å². The van der Waals surface area contributed by atoms with Crippen LogP contribution in [0.25, 0.3) is 0 Å². The van der Waals surface area contributed by atoms with Gasteiger partial charge in [0.05, 0.1) is 17.7 Å². The molecule has 2 aliphatic rings. The van der Waals surface area contributed by atoms with E-state index in [4.69, 9.17) is 5.26 Å². The minimum absolute atomic E-state index is 0.000591. The number of aliphatic hydroxyl groups excluding tert-OH is 1. The third-order valence-electron chi connectivity index (χ3n) is 8.85. The molecule has 6 heteroatoms. The molecule has 190 valence electrons. The summed E-state index contributed by atoms with van der Waals surface area (Å²) in [5, 5.41) is 26.8. The Hall–Kier alpha value is -3.17. The number of nitrogens with zero attached hydrogens (tertiary/aromatic N) is 1. The number of hydrogen-bond donors (Lipinski definition) is 3. The van der Waals surface area contributed by atoms with Crippen LogP contribution < -0.4 is 10.6 Å². The first kappa shape index (κ1) is 25.9. The average molecular weight is 488 g/mol. The molecule has 0 spiro atoms. The van der Waals surface area contributed by atoms with Gasteiger partial charge in [-0.05, 0) is 78.7 Å². The van der Waals surface area contributed by atoms with Gasteiger partial charge in [-0.25, -0.2) is 0 Å². The number of nitriles is 1. The average Bonchev–Trinajstić information content (AvgIpc) is 2.89. The first-order chi connectivity index (χ1) is 17.2. The van der Waals surface area contributed by atoms with Crippen molar-refractivity contribution in [3.8, 4) is 6.07 Å². The van der Waals surface area contributed by atoms with Crippen LogP contribution in [0.1, 0.15) is 67.9 Å². The maximum atomic E-state index is 13.0. The Morgan fingerprint density at radius 1 is 1.11 bits per heavy atom. The summed E-state index contributed by atoms with van der Waals surface area (Å²) in [6.45, 7) is 6.78. The lowest BCUT2D eigenvalue weighted by Gasteiger charge is -2.56. The molecule has 0 saturated heterocycles. The predicted octanol–water partition coefficient (Wildman–Crippen LogP) is 4.43. The summed E-state index contributed by atoms with van der Waals surface area (Å²) in [4.78, 5) is 25.9. The van der Waals surface area contributed by atoms with Crippen LogP contribution in [0.3, 0.4) is 0 Å². The number of carbonyl (C=O) groups is 2. The van der Waals surface area contributed by atoms with Crippen LogP contribution in [0.2, 0.25) is 0 Å². The van der Waals surface area contributed by atoms with Crippen LogP contribution in [-0.2, 0) is 11.3 Å². The molecule has 2 saturated carbocycles. The van der Waals surface area contributed by atoms with Crippen molar-refractivity contribution in [3.05, 3.63) is 71.3 Å². The van der Waals surface area contributed by atoms with Crippen molar-refractivity contribution < 1.29 is 14.7 Å². The number of fused-ring (bicyclic) bond motifs is 1. The van der Waals surface area contributed by atoms with E-state index >= 15 is 0 Å². The van der Waals surface area contributed by atoms with Crippen LogP contribution >= 0.6 is 0 Å². The summed E-state index contributed by atoms with van der Waals surface area (Å²) in [5.41, 5.74) is 2.09. The monoisotopic (exact) mass is 487 g/mol. The molecule has 2 aromatic rings. The van der Waals surface area contributed by atoms with E-state index < -0.39 is 6.10 Å². The molecule has 4 rings (SSSR count). The first-order valence-corrected chi connectivity index (χ1v) is 13.0. The number of rotatable bonds is 6. The lowest BCUT2D eigenvalue weighted by molar-refractivity contribution is -0.142. The molecular formula is C30H37N3O3. The normalized spacial score (nSPS) is 30.4. The van der Waals surface area contributed by atoms with Crippen molar-refractivity contribution in [1.29, 1.82) is 5.26 Å². The minimum atomic E-state index is -0.606. The molecule has 0 aliphatic heterocycles. The van der Waals surface area contributed by atoms with E-state index in [0.717, 1.165) is 31.2 Å². The summed E-state index contributed by atoms with van der Waals surface area (Å²) in [5.74, 6) is -0.524. The second-order valence-corrected chi connectivity index (χ2v) is 11.0. The van der Waals surface area contributed by atoms with Crippen LogP contribution in [0, 0.1) is 40.4 Å². The number of benzene rings is 2. The molecule has 2 amide bonds. The van der Waals surface area contributed by atoms with Gasteiger partial charge in [-0.2, -0.15) is 5.26 Å². The van der Waals surface area contributed by atoms with Gasteiger partial charge in [-0.3, -0.25) is 9.59 Å². The second-order valence-electron chi connectivity index (χ2n) is 11.0. The van der Waals surface area contributed by atoms with Crippen molar-refractivity contribution in [1.82, 2.24) is 10.6 Å². The topological polar surface area (TPSA) is 102 Å². The fraction of sp³-hybridized carbons (Fsp3) is 0.500. The van der Waals surface area contributed by atoms with E-state index in [1.54, 1.807) is 24.3 Å². The maximum absolute atomic E-state index is 13.0. The highest BCUT2D eigenvalue weighted by atomic mass is 16.3. The van der Waals surface area contributed by atoms with Gasteiger partial charge in [0.15, 0.2) is 0 Å². The SMILES string of the molecule is CC(C(=O)NCc1ccccc1)C1CCC2(C)CCC(NC(=O)c3ccc(C#N)cc3)C(C)C2C1O. The Morgan fingerprint density at radius 2 is 1.78 bits per heavy atom. The number of hydrogen-bond acceptors (Lipinski definition) is 4. The van der Waals surface area contributed by atoms with Crippen LogP contribution in [0.4, 0.5) is 0 Å². The van der Waals surface area contributed by atoms with Gasteiger partial charge < -0.3 is 15.7 Å². The second kappa shape index (κ2) is 10.8. The predicted molar refractivity (Wildman–Crippen MR) is 139 cm³/mol. The molecule has 2 aromatic carbocycles. The zero-order valence-electron chi connectivity index (χ0n) is 21.4. The number of nitrogens with one attached hydrogen (secondary N) is 2. The van der Waals surface area contributed by atoms with Crippen molar-refractivity contribution in [2.45, 2.75) is 65.1 Å². The van der Waals surface area contributed by atoms with Gasteiger partial charge in [0.25, 0.3) is 5.91 Å². The summed E-state index contributed by atoms with van der Waals surface area (Å²) in [6.07, 6.45) is 2.98. The highest BCUT2D eigenvalue weighted by Gasteiger charge is 2.53. The fourth-order valence-corrected chi connectivity index (χ4v) is 6.59. The standard InChI is InChI=1S/C30H37N3O3/c1-19(28(35)32-18-22-7-5-4-6-8-22)24-13-15-30(3)16-14-25(20(2)26(30)27(24)34)33-29(36)23-11-9-21(17-31)10-12-23/h4-12,19-20,24-27,34H,13-16,18H2,1-3H3,(H,32,35)(H,33,36). The molecule has 36 heavy (non-hydrogen) atoms. The lowest BCUT2D eigenvalue weighted by Crippen LogP contribution is -2.58. The third kappa shape index (κ3) is 5.32. The summed E-state index contributed by atoms with van der Waals surface area (Å²) < 4.78 is 0. The minimum Gasteiger partial charge on any atom is -0.392 e. The third-order valence-corrected chi connectivity index (χ3v) is 8.85. The molecule has 7 atom stereocenters. The van der Waals surface area contributed by atoms with Gasteiger partial charge in [-0.1, -0.05) is 51.1 Å². The van der Waals surface area contributed by atoms with Gasteiger partial charge >= 0.3 is 0 Å². The lowest BCUT2D eigenvalue weighted by atomic mass is 9.51. The number of aliphatic hydroxyl groups is 1. The fourth-order valence-electron chi connectivity index (χ4n) is 6.59. The quantitative estimate of drug-likeness (QED) is 0.561. The van der Waals surface area contributed by atoms with Crippen molar-refractivity contribution in [3.63, 3.8) is 0 Å². The molecule has 7 unspecified atom stereocenters. The molecular weight excluding hydrogens is 450 g/mol. The zero-order valence-corrected chi connectivity index (χ0v) is 21.4. The molecule has 0 heterocycles. The summed E-state index contributed by atoms with van der Waals surface area (Å²) in [6, 6.07) is 18.5. The molecule has 0 radical (unpaired) electrons. The van der Waals surface area contributed by atoms with Gasteiger partial charge in [0.1, 0.15) is 0 Å². The van der Waals surface area contributed by atoms with Gasteiger partial charge in [-0.15, -0.1) is 0 Å². The molecule has 2 aliphatic carbocycles. The largest absolute Gasteiger partial charge is 0.392 e. The van der Waals surface area contributed by atoms with E-state index in [1.165, 1.54) is 0 Å². The molecule has 0 aromatic heterocycles. The Kier molecular flexibility index (Phi) is 7.80. The Labute approximate surface area is 214 Å². The summed E-state index contributed by atoms with van der Waals surface area (Å²) >= 11 is 0.